The Bertz CT molecular complexity index is 694. The lowest BCUT2D eigenvalue weighted by Gasteiger charge is -2.24. The van der Waals surface area contributed by atoms with Crippen LogP contribution in [0.3, 0.4) is 0 Å². The fraction of sp³-hybridized carbons (Fsp3) is 0.357. The minimum Gasteiger partial charge on any atom is -0.479 e. The first kappa shape index (κ1) is 15.0. The Morgan fingerprint density at radius 2 is 2.19 bits per heavy atom. The first-order chi connectivity index (χ1) is 9.85. The molecule has 0 spiro atoms. The third kappa shape index (κ3) is 3.03. The average molecular weight is 292 g/mol. The van der Waals surface area contributed by atoms with E-state index in [0.29, 0.717) is 11.1 Å². The molecule has 21 heavy (non-hydrogen) atoms. The van der Waals surface area contributed by atoms with Crippen molar-refractivity contribution < 1.29 is 23.8 Å². The highest BCUT2D eigenvalue weighted by Gasteiger charge is 2.36. The maximum atomic E-state index is 12.1. The number of ether oxygens (including phenoxy) is 1. The predicted molar refractivity (Wildman–Crippen MR) is 74.1 cm³/mol. The van der Waals surface area contributed by atoms with Gasteiger partial charge >= 0.3 is 5.97 Å². The summed E-state index contributed by atoms with van der Waals surface area (Å²) in [6.07, 6.45) is 0. The molecule has 2 aromatic rings. The summed E-state index contributed by atoms with van der Waals surface area (Å²) in [7, 11) is 1.36. The standard InChI is InChI=1S/C14H16N2O5/c1-8-4-5-10-9(15-8)6-11(21-10)12(17)16-14(2,7-20-3)13(18)19/h4-6H,7H2,1-3H3,(H,16,17)(H,18,19). The number of methoxy groups -OCH3 is 1. The molecule has 0 aliphatic rings. The summed E-state index contributed by atoms with van der Waals surface area (Å²) in [6.45, 7) is 3.03. The number of nitrogens with zero attached hydrogens (tertiary/aromatic N) is 1. The molecule has 0 saturated carbocycles. The number of carboxylic acid groups (broad SMARTS) is 1. The predicted octanol–water partition coefficient (Wildman–Crippen LogP) is 1.36. The SMILES string of the molecule is COCC(C)(NC(=O)c1cc2nc(C)ccc2o1)C(=O)O. The number of aromatic nitrogens is 1. The van der Waals surface area contributed by atoms with Gasteiger partial charge < -0.3 is 19.6 Å². The topological polar surface area (TPSA) is 102 Å². The summed E-state index contributed by atoms with van der Waals surface area (Å²) in [6, 6.07) is 4.95. The van der Waals surface area contributed by atoms with E-state index in [1.165, 1.54) is 20.1 Å². The van der Waals surface area contributed by atoms with E-state index in [9.17, 15) is 14.7 Å². The number of carboxylic acids is 1. The summed E-state index contributed by atoms with van der Waals surface area (Å²) in [5.74, 6) is -1.82. The molecule has 2 aromatic heterocycles. The van der Waals surface area contributed by atoms with Gasteiger partial charge in [-0.2, -0.15) is 0 Å². The lowest BCUT2D eigenvalue weighted by atomic mass is 10.0. The number of hydrogen-bond donors (Lipinski definition) is 2. The van der Waals surface area contributed by atoms with E-state index < -0.39 is 17.4 Å². The molecule has 0 saturated heterocycles. The Morgan fingerprint density at radius 3 is 2.81 bits per heavy atom. The van der Waals surface area contributed by atoms with Crippen LogP contribution >= 0.6 is 0 Å². The molecule has 2 heterocycles. The van der Waals surface area contributed by atoms with Crippen molar-refractivity contribution in [3.63, 3.8) is 0 Å². The molecule has 7 heteroatoms. The van der Waals surface area contributed by atoms with Crippen molar-refractivity contribution in [3.05, 3.63) is 29.7 Å². The van der Waals surface area contributed by atoms with Gasteiger partial charge in [0.2, 0.25) is 0 Å². The van der Waals surface area contributed by atoms with Crippen LogP contribution in [0.25, 0.3) is 11.1 Å². The van der Waals surface area contributed by atoms with Crippen LogP contribution in [0.5, 0.6) is 0 Å². The van der Waals surface area contributed by atoms with Crippen molar-refractivity contribution in [1.29, 1.82) is 0 Å². The molecule has 0 radical (unpaired) electrons. The molecule has 1 amide bonds. The molecule has 0 aromatic carbocycles. The van der Waals surface area contributed by atoms with Crippen molar-refractivity contribution in [2.75, 3.05) is 13.7 Å². The lowest BCUT2D eigenvalue weighted by Crippen LogP contribution is -2.55. The highest BCUT2D eigenvalue weighted by Crippen LogP contribution is 2.18. The van der Waals surface area contributed by atoms with Crippen LogP contribution in [-0.2, 0) is 9.53 Å². The molecule has 2 rings (SSSR count). The summed E-state index contributed by atoms with van der Waals surface area (Å²) >= 11 is 0. The van der Waals surface area contributed by atoms with Crippen LogP contribution in [-0.4, -0.2) is 41.2 Å². The Labute approximate surface area is 120 Å². The second-order valence-electron chi connectivity index (χ2n) is 4.97. The molecule has 0 bridgehead atoms. The van der Waals surface area contributed by atoms with Gasteiger partial charge in [0.1, 0.15) is 5.52 Å². The van der Waals surface area contributed by atoms with E-state index in [1.54, 1.807) is 12.1 Å². The highest BCUT2D eigenvalue weighted by molar-refractivity contribution is 5.98. The normalized spacial score (nSPS) is 13.9. The lowest BCUT2D eigenvalue weighted by molar-refractivity contribution is -0.145. The molecule has 112 valence electrons. The van der Waals surface area contributed by atoms with E-state index >= 15 is 0 Å². The van der Waals surface area contributed by atoms with Gasteiger partial charge in [0, 0.05) is 18.9 Å². The Kier molecular flexibility index (Phi) is 3.95. The van der Waals surface area contributed by atoms with Gasteiger partial charge in [0.15, 0.2) is 16.9 Å². The first-order valence-electron chi connectivity index (χ1n) is 6.28. The van der Waals surface area contributed by atoms with Crippen LogP contribution in [0, 0.1) is 6.92 Å². The number of hydrogen-bond acceptors (Lipinski definition) is 5. The quantitative estimate of drug-likeness (QED) is 0.862. The summed E-state index contributed by atoms with van der Waals surface area (Å²) in [5, 5.41) is 11.6. The fourth-order valence-electron chi connectivity index (χ4n) is 1.89. The first-order valence-corrected chi connectivity index (χ1v) is 6.28. The zero-order valence-corrected chi connectivity index (χ0v) is 12.0. The van der Waals surface area contributed by atoms with Crippen LogP contribution < -0.4 is 5.32 Å². The minimum absolute atomic E-state index is 0.00618. The van der Waals surface area contributed by atoms with Gasteiger partial charge in [-0.05, 0) is 26.0 Å². The molecule has 2 N–H and O–H groups in total. The van der Waals surface area contributed by atoms with Crippen molar-refractivity contribution in [1.82, 2.24) is 10.3 Å². The summed E-state index contributed by atoms with van der Waals surface area (Å²) in [4.78, 5) is 27.6. The van der Waals surface area contributed by atoms with Gasteiger partial charge in [-0.1, -0.05) is 0 Å². The van der Waals surface area contributed by atoms with Crippen LogP contribution in [0.2, 0.25) is 0 Å². The van der Waals surface area contributed by atoms with E-state index in [2.05, 4.69) is 10.3 Å². The summed E-state index contributed by atoms with van der Waals surface area (Å²) < 4.78 is 10.2. The minimum atomic E-state index is -1.53. The molecule has 7 nitrogen and oxygen atoms in total. The van der Waals surface area contributed by atoms with Crippen LogP contribution in [0.15, 0.2) is 22.6 Å². The third-order valence-corrected chi connectivity index (χ3v) is 3.03. The molecule has 1 unspecified atom stereocenters. The van der Waals surface area contributed by atoms with Gasteiger partial charge in [0.05, 0.1) is 6.61 Å². The van der Waals surface area contributed by atoms with Gasteiger partial charge in [-0.3, -0.25) is 4.79 Å². The number of amides is 1. The molecule has 0 aliphatic carbocycles. The molecule has 1 atom stereocenters. The smallest absolute Gasteiger partial charge is 0.331 e. The number of fused-ring (bicyclic) bond motifs is 1. The van der Waals surface area contributed by atoms with Crippen LogP contribution in [0.1, 0.15) is 23.2 Å². The zero-order valence-electron chi connectivity index (χ0n) is 12.0. The second kappa shape index (κ2) is 5.53. The number of furan rings is 1. The second-order valence-corrected chi connectivity index (χ2v) is 4.97. The number of nitrogens with one attached hydrogen (secondary N) is 1. The number of rotatable bonds is 5. The Morgan fingerprint density at radius 1 is 1.48 bits per heavy atom. The monoisotopic (exact) mass is 292 g/mol. The molecular weight excluding hydrogens is 276 g/mol. The van der Waals surface area contributed by atoms with Crippen molar-refractivity contribution in [2.45, 2.75) is 19.4 Å². The Balaban J connectivity index is 2.27. The molecule has 0 aliphatic heterocycles. The maximum Gasteiger partial charge on any atom is 0.331 e. The third-order valence-electron chi connectivity index (χ3n) is 3.03. The van der Waals surface area contributed by atoms with Crippen molar-refractivity contribution >= 4 is 23.0 Å². The van der Waals surface area contributed by atoms with E-state index in [-0.39, 0.29) is 12.4 Å². The van der Waals surface area contributed by atoms with E-state index in [4.69, 9.17) is 9.15 Å². The fourth-order valence-corrected chi connectivity index (χ4v) is 1.89. The van der Waals surface area contributed by atoms with Gasteiger partial charge in [-0.25, -0.2) is 9.78 Å². The maximum absolute atomic E-state index is 12.1. The van der Waals surface area contributed by atoms with E-state index in [0.717, 1.165) is 5.69 Å². The number of carbonyl (C=O) groups excluding carboxylic acids is 1. The van der Waals surface area contributed by atoms with E-state index in [1.807, 2.05) is 6.92 Å². The largest absolute Gasteiger partial charge is 0.479 e. The van der Waals surface area contributed by atoms with Gasteiger partial charge in [0.25, 0.3) is 5.91 Å². The van der Waals surface area contributed by atoms with Crippen molar-refractivity contribution in [3.8, 4) is 0 Å². The number of carbonyl (C=O) groups is 2. The van der Waals surface area contributed by atoms with Crippen LogP contribution in [0.4, 0.5) is 0 Å². The number of aliphatic carboxylic acids is 1. The van der Waals surface area contributed by atoms with Crippen molar-refractivity contribution in [2.24, 2.45) is 0 Å². The Hall–Kier alpha value is -2.41. The number of aryl methyl sites for hydroxylation is 1. The highest BCUT2D eigenvalue weighted by atomic mass is 16.5. The molecule has 0 fully saturated rings. The zero-order chi connectivity index (χ0) is 15.6. The van der Waals surface area contributed by atoms with Gasteiger partial charge in [-0.15, -0.1) is 0 Å². The summed E-state index contributed by atoms with van der Waals surface area (Å²) in [5.41, 5.74) is 0.275. The number of pyridine rings is 1. The average Bonchev–Trinajstić information content (AvgIpc) is 2.81. The molecular formula is C14H16N2O5.